The maximum Gasteiger partial charge on any atom is 0.270 e. The number of non-ortho nitro benzene ring substituents is 1. The molecule has 1 unspecified atom stereocenters. The zero-order chi connectivity index (χ0) is 19.6. The monoisotopic (exact) mass is 391 g/mol. The molecule has 0 saturated heterocycles. The molecule has 0 bridgehead atoms. The third-order valence-corrected chi connectivity index (χ3v) is 4.90. The summed E-state index contributed by atoms with van der Waals surface area (Å²) in [5.41, 5.74) is 0.570. The number of anilines is 1. The minimum atomic E-state index is -0.536. The molecule has 0 fully saturated rings. The number of hydrogen-bond donors (Lipinski definition) is 1. The van der Waals surface area contributed by atoms with Gasteiger partial charge in [0.15, 0.2) is 0 Å². The van der Waals surface area contributed by atoms with Crippen LogP contribution in [0, 0.1) is 17.0 Å². The number of oxime groups is 1. The van der Waals surface area contributed by atoms with Gasteiger partial charge >= 0.3 is 0 Å². The molecule has 1 aromatic heterocycles. The van der Waals surface area contributed by atoms with E-state index in [1.807, 2.05) is 6.92 Å². The molecule has 1 atom stereocenters. The number of aryl methyl sites for hydroxylation is 1. The SMILES string of the molecule is CC(=O)N(CCC1CC(c2cc([N+](=O)[O-])ccc2O)=NO1)c1nnc(C)s1. The average Bonchev–Trinajstić information content (AvgIpc) is 3.24. The van der Waals surface area contributed by atoms with E-state index < -0.39 is 4.92 Å². The molecule has 1 aromatic carbocycles. The summed E-state index contributed by atoms with van der Waals surface area (Å²) in [5.74, 6) is -0.250. The Morgan fingerprint density at radius 1 is 1.48 bits per heavy atom. The molecular formula is C16H17N5O5S. The summed E-state index contributed by atoms with van der Waals surface area (Å²) in [6.07, 6.45) is 0.547. The second-order valence-corrected chi connectivity index (χ2v) is 7.15. The lowest BCUT2D eigenvalue weighted by atomic mass is 10.0. The van der Waals surface area contributed by atoms with Crippen molar-refractivity contribution in [3.8, 4) is 5.75 Å². The number of phenolic OH excluding ortho intramolecular Hbond substituents is 1. The number of aromatic hydroxyl groups is 1. The molecule has 1 aliphatic rings. The first-order chi connectivity index (χ1) is 12.8. The van der Waals surface area contributed by atoms with Crippen molar-refractivity contribution >= 4 is 33.8 Å². The van der Waals surface area contributed by atoms with Gasteiger partial charge in [-0.3, -0.25) is 19.8 Å². The molecule has 11 heteroatoms. The number of amides is 1. The molecule has 0 aliphatic carbocycles. The van der Waals surface area contributed by atoms with Gasteiger partial charge in [0, 0.05) is 44.0 Å². The van der Waals surface area contributed by atoms with Gasteiger partial charge in [0.05, 0.1) is 10.6 Å². The third kappa shape index (κ3) is 4.19. The predicted molar refractivity (Wildman–Crippen MR) is 98.1 cm³/mol. The van der Waals surface area contributed by atoms with Crippen LogP contribution < -0.4 is 4.90 Å². The molecular weight excluding hydrogens is 374 g/mol. The van der Waals surface area contributed by atoms with E-state index in [4.69, 9.17) is 4.84 Å². The molecule has 2 aromatic rings. The summed E-state index contributed by atoms with van der Waals surface area (Å²) in [7, 11) is 0. The molecule has 1 N–H and O–H groups in total. The fourth-order valence-corrected chi connectivity index (χ4v) is 3.42. The summed E-state index contributed by atoms with van der Waals surface area (Å²) in [6, 6.07) is 3.76. The number of nitro benzene ring substituents is 1. The molecule has 0 radical (unpaired) electrons. The second kappa shape index (κ2) is 7.66. The van der Waals surface area contributed by atoms with E-state index in [0.29, 0.717) is 30.2 Å². The van der Waals surface area contributed by atoms with Gasteiger partial charge in [-0.25, -0.2) is 0 Å². The van der Waals surface area contributed by atoms with Gasteiger partial charge in [-0.2, -0.15) is 0 Å². The van der Waals surface area contributed by atoms with Gasteiger partial charge in [0.25, 0.3) is 5.69 Å². The van der Waals surface area contributed by atoms with E-state index in [2.05, 4.69) is 15.4 Å². The zero-order valence-electron chi connectivity index (χ0n) is 14.7. The summed E-state index contributed by atoms with van der Waals surface area (Å²) >= 11 is 1.33. The van der Waals surface area contributed by atoms with Crippen molar-refractivity contribution in [2.75, 3.05) is 11.4 Å². The lowest BCUT2D eigenvalue weighted by Crippen LogP contribution is -2.31. The van der Waals surface area contributed by atoms with E-state index in [1.165, 1.54) is 41.4 Å². The minimum Gasteiger partial charge on any atom is -0.507 e. The van der Waals surface area contributed by atoms with Crippen molar-refractivity contribution in [1.29, 1.82) is 0 Å². The number of benzene rings is 1. The summed E-state index contributed by atoms with van der Waals surface area (Å²) in [5, 5.41) is 34.1. The molecule has 0 saturated carbocycles. The van der Waals surface area contributed by atoms with Crippen LogP contribution in [0.5, 0.6) is 5.75 Å². The van der Waals surface area contributed by atoms with E-state index in [9.17, 15) is 20.0 Å². The Kier molecular flexibility index (Phi) is 5.31. The maximum atomic E-state index is 11.9. The van der Waals surface area contributed by atoms with Crippen LogP contribution in [-0.2, 0) is 9.63 Å². The van der Waals surface area contributed by atoms with Crippen molar-refractivity contribution in [2.45, 2.75) is 32.8 Å². The van der Waals surface area contributed by atoms with Crippen molar-refractivity contribution < 1.29 is 19.7 Å². The molecule has 2 heterocycles. The van der Waals surface area contributed by atoms with Crippen LogP contribution in [0.2, 0.25) is 0 Å². The fourth-order valence-electron chi connectivity index (χ4n) is 2.67. The highest BCUT2D eigenvalue weighted by Gasteiger charge is 2.27. The minimum absolute atomic E-state index is 0.0988. The van der Waals surface area contributed by atoms with Gasteiger partial charge in [-0.05, 0) is 13.0 Å². The van der Waals surface area contributed by atoms with E-state index in [-0.39, 0.29) is 29.0 Å². The standard InChI is InChI=1S/C16H17N5O5S/c1-9-17-18-16(27-9)20(10(2)22)6-5-12-8-14(19-26-12)13-7-11(21(24)25)3-4-15(13)23/h3-4,7,12,23H,5-6,8H2,1-2H3. The highest BCUT2D eigenvalue weighted by molar-refractivity contribution is 7.15. The van der Waals surface area contributed by atoms with Crippen LogP contribution in [0.3, 0.4) is 0 Å². The van der Waals surface area contributed by atoms with Crippen molar-refractivity contribution in [3.63, 3.8) is 0 Å². The van der Waals surface area contributed by atoms with Crippen LogP contribution in [-0.4, -0.2) is 44.5 Å². The molecule has 1 amide bonds. The molecule has 0 spiro atoms. The van der Waals surface area contributed by atoms with Crippen LogP contribution in [0.4, 0.5) is 10.8 Å². The molecule has 27 heavy (non-hydrogen) atoms. The van der Waals surface area contributed by atoms with E-state index in [0.717, 1.165) is 5.01 Å². The van der Waals surface area contributed by atoms with Gasteiger partial charge in [-0.15, -0.1) is 10.2 Å². The Balaban J connectivity index is 1.65. The van der Waals surface area contributed by atoms with E-state index >= 15 is 0 Å². The average molecular weight is 391 g/mol. The molecule has 1 aliphatic heterocycles. The first kappa shape index (κ1) is 18.7. The van der Waals surface area contributed by atoms with Gasteiger partial charge in [-0.1, -0.05) is 16.5 Å². The van der Waals surface area contributed by atoms with E-state index in [1.54, 1.807) is 0 Å². The van der Waals surface area contributed by atoms with Gasteiger partial charge in [0.1, 0.15) is 16.9 Å². The summed E-state index contributed by atoms with van der Waals surface area (Å²) in [4.78, 5) is 29.2. The van der Waals surface area contributed by atoms with Crippen LogP contribution in [0.1, 0.15) is 30.3 Å². The highest BCUT2D eigenvalue weighted by atomic mass is 32.1. The normalized spacial score (nSPS) is 15.9. The Morgan fingerprint density at radius 3 is 2.89 bits per heavy atom. The largest absolute Gasteiger partial charge is 0.507 e. The van der Waals surface area contributed by atoms with Gasteiger partial charge in [0.2, 0.25) is 11.0 Å². The molecule has 10 nitrogen and oxygen atoms in total. The number of hydrogen-bond acceptors (Lipinski definition) is 9. The number of rotatable bonds is 6. The Morgan fingerprint density at radius 2 is 2.26 bits per heavy atom. The number of carbonyl (C=O) groups excluding carboxylic acids is 1. The number of nitrogens with zero attached hydrogens (tertiary/aromatic N) is 5. The molecule has 3 rings (SSSR count). The number of carbonyl (C=O) groups is 1. The number of nitro groups is 1. The van der Waals surface area contributed by atoms with Gasteiger partial charge < -0.3 is 9.94 Å². The topological polar surface area (TPSA) is 131 Å². The predicted octanol–water partition coefficient (Wildman–Crippen LogP) is 2.40. The van der Waals surface area contributed by atoms with Crippen molar-refractivity contribution in [3.05, 3.63) is 38.9 Å². The van der Waals surface area contributed by atoms with Crippen LogP contribution in [0.25, 0.3) is 0 Å². The van der Waals surface area contributed by atoms with Crippen LogP contribution >= 0.6 is 11.3 Å². The first-order valence-electron chi connectivity index (χ1n) is 8.14. The smallest absolute Gasteiger partial charge is 0.270 e. The maximum absolute atomic E-state index is 11.9. The number of aromatic nitrogens is 2. The number of phenols is 1. The fraction of sp³-hybridized carbons (Fsp3) is 0.375. The van der Waals surface area contributed by atoms with Crippen LogP contribution in [0.15, 0.2) is 23.4 Å². The second-order valence-electron chi connectivity index (χ2n) is 5.99. The quantitative estimate of drug-likeness (QED) is 0.591. The lowest BCUT2D eigenvalue weighted by Gasteiger charge is -2.18. The van der Waals surface area contributed by atoms with Crippen molar-refractivity contribution in [2.24, 2.45) is 5.16 Å². The Bertz CT molecular complexity index is 912. The Labute approximate surface area is 158 Å². The zero-order valence-corrected chi connectivity index (χ0v) is 15.5. The summed E-state index contributed by atoms with van der Waals surface area (Å²) < 4.78 is 0. The lowest BCUT2D eigenvalue weighted by molar-refractivity contribution is -0.384. The first-order valence-corrected chi connectivity index (χ1v) is 8.95. The van der Waals surface area contributed by atoms with Crippen molar-refractivity contribution in [1.82, 2.24) is 10.2 Å². The third-order valence-electron chi connectivity index (χ3n) is 4.04. The molecule has 142 valence electrons. The summed E-state index contributed by atoms with van der Waals surface area (Å²) in [6.45, 7) is 3.64. The Hall–Kier alpha value is -3.08. The highest BCUT2D eigenvalue weighted by Crippen LogP contribution is 2.29.